The van der Waals surface area contributed by atoms with Crippen molar-refractivity contribution in [2.24, 2.45) is 5.73 Å². The molecule has 0 aromatic rings. The monoisotopic (exact) mass is 221 g/mol. The van der Waals surface area contributed by atoms with Crippen molar-refractivity contribution in [3.63, 3.8) is 0 Å². The Balaban J connectivity index is 3.41. The highest BCUT2D eigenvalue weighted by atomic mass is 14.6. The summed E-state index contributed by atoms with van der Waals surface area (Å²) in [5, 5.41) is 0. The predicted molar refractivity (Wildman–Crippen MR) is 73.4 cm³/mol. The van der Waals surface area contributed by atoms with E-state index in [4.69, 9.17) is 5.73 Å². The minimum Gasteiger partial charge on any atom is -0.328 e. The molecule has 0 aromatic carbocycles. The second kappa shape index (κ2) is 12.3. The molecule has 16 heavy (non-hydrogen) atoms. The highest BCUT2D eigenvalue weighted by Gasteiger charge is 1.98. The van der Waals surface area contributed by atoms with Gasteiger partial charge in [-0.25, -0.2) is 0 Å². The van der Waals surface area contributed by atoms with Crippen molar-refractivity contribution in [1.29, 1.82) is 0 Å². The van der Waals surface area contributed by atoms with Crippen LogP contribution in [0.15, 0.2) is 30.5 Å². The van der Waals surface area contributed by atoms with Gasteiger partial charge in [0, 0.05) is 6.04 Å². The molecular weight excluding hydrogens is 194 g/mol. The fourth-order valence-corrected chi connectivity index (χ4v) is 1.52. The van der Waals surface area contributed by atoms with Crippen LogP contribution in [0.5, 0.6) is 0 Å². The molecule has 2 N–H and O–H groups in total. The van der Waals surface area contributed by atoms with Crippen LogP contribution < -0.4 is 5.73 Å². The topological polar surface area (TPSA) is 26.0 Å². The Labute approximate surface area is 101 Å². The first-order valence-corrected chi connectivity index (χ1v) is 6.57. The van der Waals surface area contributed by atoms with Crippen molar-refractivity contribution < 1.29 is 0 Å². The van der Waals surface area contributed by atoms with Crippen LogP contribution in [0.3, 0.4) is 0 Å². The van der Waals surface area contributed by atoms with E-state index in [1.54, 1.807) is 0 Å². The molecule has 0 bridgehead atoms. The van der Waals surface area contributed by atoms with Crippen LogP contribution in [-0.2, 0) is 0 Å². The van der Waals surface area contributed by atoms with Crippen molar-refractivity contribution >= 4 is 0 Å². The van der Waals surface area contributed by atoms with Gasteiger partial charge in [0.2, 0.25) is 0 Å². The second-order valence-corrected chi connectivity index (χ2v) is 4.27. The normalized spacial score (nSPS) is 11.6. The Morgan fingerprint density at radius 1 is 1.12 bits per heavy atom. The van der Waals surface area contributed by atoms with E-state index in [1.807, 2.05) is 6.08 Å². The molecule has 0 fully saturated rings. The summed E-state index contributed by atoms with van der Waals surface area (Å²) in [6, 6.07) is 0.316. The summed E-state index contributed by atoms with van der Waals surface area (Å²) in [6.07, 6.45) is 15.4. The number of hydrogen-bond donors (Lipinski definition) is 1. The second-order valence-electron chi connectivity index (χ2n) is 4.27. The highest BCUT2D eigenvalue weighted by Crippen LogP contribution is 2.03. The molecule has 0 radical (unpaired) electrons. The van der Waals surface area contributed by atoms with Crippen LogP contribution in [0.2, 0.25) is 0 Å². The molecule has 0 unspecified atom stereocenters. The van der Waals surface area contributed by atoms with Gasteiger partial charge in [-0.05, 0) is 50.7 Å². The standard InChI is InChI=1S/C15H27N/c1-3-5-7-8-9-10-11-12-14-15(16)13-6-4-2/h4,9,11,15H,2-3,5-8,12-14,16H2,1H3/t10?,15-/m0/s1. The molecule has 0 aromatic heterocycles. The van der Waals surface area contributed by atoms with Crippen molar-refractivity contribution in [2.75, 3.05) is 0 Å². The van der Waals surface area contributed by atoms with E-state index in [-0.39, 0.29) is 0 Å². The summed E-state index contributed by atoms with van der Waals surface area (Å²) in [5.41, 5.74) is 9.16. The zero-order valence-corrected chi connectivity index (χ0v) is 10.8. The zero-order valence-electron chi connectivity index (χ0n) is 10.8. The van der Waals surface area contributed by atoms with E-state index >= 15 is 0 Å². The number of rotatable bonds is 10. The van der Waals surface area contributed by atoms with E-state index in [0.29, 0.717) is 6.04 Å². The molecule has 0 aliphatic carbocycles. The SMILES string of the molecule is C=CCC[C@H](N)CCC=C=CCCCCC. The number of unbranched alkanes of at least 4 members (excludes halogenated alkanes) is 3. The van der Waals surface area contributed by atoms with Gasteiger partial charge >= 0.3 is 0 Å². The van der Waals surface area contributed by atoms with E-state index in [9.17, 15) is 0 Å². The third-order valence-electron chi connectivity index (χ3n) is 2.61. The van der Waals surface area contributed by atoms with Crippen molar-refractivity contribution in [2.45, 2.75) is 64.3 Å². The molecule has 0 aliphatic heterocycles. The summed E-state index contributed by atoms with van der Waals surface area (Å²) >= 11 is 0. The number of nitrogens with two attached hydrogens (primary N) is 1. The van der Waals surface area contributed by atoms with Gasteiger partial charge in [0.1, 0.15) is 0 Å². The largest absolute Gasteiger partial charge is 0.328 e. The lowest BCUT2D eigenvalue weighted by Crippen LogP contribution is -2.18. The van der Waals surface area contributed by atoms with Crippen molar-refractivity contribution in [3.05, 3.63) is 30.5 Å². The van der Waals surface area contributed by atoms with Gasteiger partial charge in [-0.3, -0.25) is 0 Å². The molecule has 0 rings (SSSR count). The fraction of sp³-hybridized carbons (Fsp3) is 0.667. The van der Waals surface area contributed by atoms with E-state index < -0.39 is 0 Å². The first-order chi connectivity index (χ1) is 7.81. The molecule has 1 nitrogen and oxygen atoms in total. The van der Waals surface area contributed by atoms with Gasteiger partial charge in [-0.2, -0.15) is 0 Å². The van der Waals surface area contributed by atoms with Gasteiger partial charge in [0.15, 0.2) is 0 Å². The van der Waals surface area contributed by atoms with Gasteiger partial charge in [-0.1, -0.05) is 25.8 Å². The number of allylic oxidation sites excluding steroid dienone is 2. The first kappa shape index (κ1) is 15.2. The molecule has 0 saturated carbocycles. The minimum atomic E-state index is 0.316. The Hall–Kier alpha value is -0.780. The third kappa shape index (κ3) is 11.3. The Bertz CT molecular complexity index is 211. The molecular formula is C15H27N. The molecule has 0 heterocycles. The average molecular weight is 221 g/mol. The van der Waals surface area contributed by atoms with Crippen LogP contribution in [0.1, 0.15) is 58.3 Å². The summed E-state index contributed by atoms with van der Waals surface area (Å²) in [4.78, 5) is 0. The summed E-state index contributed by atoms with van der Waals surface area (Å²) in [5.74, 6) is 0. The predicted octanol–water partition coefficient (Wildman–Crippen LogP) is 4.35. The summed E-state index contributed by atoms with van der Waals surface area (Å²) < 4.78 is 0. The van der Waals surface area contributed by atoms with Crippen molar-refractivity contribution in [3.8, 4) is 0 Å². The first-order valence-electron chi connectivity index (χ1n) is 6.57. The van der Waals surface area contributed by atoms with E-state index in [1.165, 1.54) is 19.3 Å². The summed E-state index contributed by atoms with van der Waals surface area (Å²) in [7, 11) is 0. The van der Waals surface area contributed by atoms with E-state index in [0.717, 1.165) is 32.1 Å². The van der Waals surface area contributed by atoms with Gasteiger partial charge in [0.25, 0.3) is 0 Å². The fourth-order valence-electron chi connectivity index (χ4n) is 1.52. The molecule has 0 aliphatic rings. The van der Waals surface area contributed by atoms with Crippen LogP contribution in [0, 0.1) is 0 Å². The van der Waals surface area contributed by atoms with Crippen LogP contribution in [-0.4, -0.2) is 6.04 Å². The minimum absolute atomic E-state index is 0.316. The zero-order chi connectivity index (χ0) is 12.1. The maximum absolute atomic E-state index is 5.93. The molecule has 92 valence electrons. The van der Waals surface area contributed by atoms with Crippen LogP contribution in [0.25, 0.3) is 0 Å². The lowest BCUT2D eigenvalue weighted by Gasteiger charge is -2.06. The smallest absolute Gasteiger partial charge is 0.00449 e. The average Bonchev–Trinajstić information content (AvgIpc) is 2.30. The maximum Gasteiger partial charge on any atom is 0.00449 e. The lowest BCUT2D eigenvalue weighted by atomic mass is 10.1. The Morgan fingerprint density at radius 3 is 2.50 bits per heavy atom. The number of hydrogen-bond acceptors (Lipinski definition) is 1. The third-order valence-corrected chi connectivity index (χ3v) is 2.61. The molecule has 0 saturated heterocycles. The van der Waals surface area contributed by atoms with Gasteiger partial charge in [-0.15, -0.1) is 12.3 Å². The van der Waals surface area contributed by atoms with Gasteiger partial charge < -0.3 is 5.73 Å². The molecule has 1 heteroatoms. The van der Waals surface area contributed by atoms with Crippen molar-refractivity contribution in [1.82, 2.24) is 0 Å². The lowest BCUT2D eigenvalue weighted by molar-refractivity contribution is 0.580. The highest BCUT2D eigenvalue weighted by molar-refractivity contribution is 4.85. The summed E-state index contributed by atoms with van der Waals surface area (Å²) in [6.45, 7) is 5.92. The van der Waals surface area contributed by atoms with E-state index in [2.05, 4.69) is 31.4 Å². The Morgan fingerprint density at radius 2 is 1.81 bits per heavy atom. The maximum atomic E-state index is 5.93. The van der Waals surface area contributed by atoms with Gasteiger partial charge in [0.05, 0.1) is 0 Å². The molecule has 0 spiro atoms. The molecule has 0 amide bonds. The Kier molecular flexibility index (Phi) is 11.7. The quantitative estimate of drug-likeness (QED) is 0.331. The molecule has 1 atom stereocenters. The van der Waals surface area contributed by atoms with Crippen LogP contribution >= 0.6 is 0 Å². The van der Waals surface area contributed by atoms with Crippen LogP contribution in [0.4, 0.5) is 0 Å².